The fourth-order valence-corrected chi connectivity index (χ4v) is 2.01. The number of hydrogen-bond donors (Lipinski definition) is 2. The van der Waals surface area contributed by atoms with E-state index in [9.17, 15) is 4.79 Å². The first kappa shape index (κ1) is 18.1. The largest absolute Gasteiger partial charge is 0.491 e. The van der Waals surface area contributed by atoms with Gasteiger partial charge in [-0.25, -0.2) is 0 Å². The van der Waals surface area contributed by atoms with Crippen molar-refractivity contribution in [2.45, 2.75) is 26.7 Å². The number of amides is 1. The van der Waals surface area contributed by atoms with Crippen LogP contribution in [0.25, 0.3) is 0 Å². The minimum atomic E-state index is -0.123. The van der Waals surface area contributed by atoms with E-state index in [1.807, 2.05) is 13.8 Å². The van der Waals surface area contributed by atoms with Crippen LogP contribution in [0.3, 0.4) is 0 Å². The lowest BCUT2D eigenvalue weighted by molar-refractivity contribution is -0.122. The van der Waals surface area contributed by atoms with Gasteiger partial charge >= 0.3 is 0 Å². The van der Waals surface area contributed by atoms with Crippen LogP contribution < -0.4 is 10.1 Å². The molecule has 1 rings (SSSR count). The van der Waals surface area contributed by atoms with Gasteiger partial charge in [0.15, 0.2) is 0 Å². The molecule has 0 radical (unpaired) electrons. The molecule has 4 nitrogen and oxygen atoms in total. The summed E-state index contributed by atoms with van der Waals surface area (Å²) in [5.41, 5.74) is -0.123. The second-order valence-corrected chi connectivity index (χ2v) is 6.35. The third kappa shape index (κ3) is 6.55. The van der Waals surface area contributed by atoms with Gasteiger partial charge in [0.1, 0.15) is 10.8 Å². The lowest BCUT2D eigenvalue weighted by atomic mass is 9.90. The molecule has 0 spiro atoms. The summed E-state index contributed by atoms with van der Waals surface area (Å²) in [4.78, 5) is 11.7. The molecule has 0 fully saturated rings. The van der Waals surface area contributed by atoms with E-state index < -0.39 is 0 Å². The van der Waals surface area contributed by atoms with Crippen molar-refractivity contribution in [1.82, 2.24) is 5.32 Å². The number of nitrogens with one attached hydrogen (secondary N) is 1. The predicted molar refractivity (Wildman–Crippen MR) is 85.1 cm³/mol. The van der Waals surface area contributed by atoms with E-state index in [4.69, 9.17) is 33.0 Å². The predicted octanol–water partition coefficient (Wildman–Crippen LogP) is 3.29. The zero-order chi connectivity index (χ0) is 15.9. The van der Waals surface area contributed by atoms with Crippen LogP contribution in [0.4, 0.5) is 0 Å². The molecule has 1 aromatic carbocycles. The average molecular weight is 334 g/mol. The number of carbonyl (C=O) groups excluding carboxylic acids is 1. The summed E-state index contributed by atoms with van der Waals surface area (Å²) in [5.74, 6) is 0.372. The number of halogens is 2. The highest BCUT2D eigenvalue weighted by molar-refractivity contribution is 6.42. The van der Waals surface area contributed by atoms with Crippen molar-refractivity contribution in [1.29, 1.82) is 0 Å². The van der Waals surface area contributed by atoms with Crippen molar-refractivity contribution >= 4 is 29.1 Å². The third-order valence-electron chi connectivity index (χ3n) is 3.06. The Morgan fingerprint density at radius 1 is 1.38 bits per heavy atom. The summed E-state index contributed by atoms with van der Waals surface area (Å²) in [5, 5.41) is 12.5. The first-order chi connectivity index (χ1) is 9.85. The Labute approximate surface area is 135 Å². The number of hydrogen-bond acceptors (Lipinski definition) is 3. The molecule has 6 heteroatoms. The maximum atomic E-state index is 11.7. The first-order valence-electron chi connectivity index (χ1n) is 6.80. The normalized spacial score (nSPS) is 11.3. The molecule has 0 aliphatic carbocycles. The Kier molecular flexibility index (Phi) is 7.29. The summed E-state index contributed by atoms with van der Waals surface area (Å²) in [7, 11) is 0. The molecule has 21 heavy (non-hydrogen) atoms. The fraction of sp³-hybridized carbons (Fsp3) is 0.533. The van der Waals surface area contributed by atoms with Crippen molar-refractivity contribution < 1.29 is 14.6 Å². The Balaban J connectivity index is 2.32. The molecule has 1 aromatic rings. The molecule has 0 aliphatic heterocycles. The smallest absolute Gasteiger partial charge is 0.223 e. The molecule has 0 saturated heterocycles. The van der Waals surface area contributed by atoms with Crippen molar-refractivity contribution in [3.8, 4) is 5.75 Å². The quantitative estimate of drug-likeness (QED) is 0.767. The number of ether oxygens (including phenoxy) is 1. The summed E-state index contributed by atoms with van der Waals surface area (Å²) >= 11 is 11.9. The molecule has 1 amide bonds. The van der Waals surface area contributed by atoms with Gasteiger partial charge in [-0.15, -0.1) is 0 Å². The standard InChI is InChI=1S/C15H21Cl2NO3/c1-15(2,7-8-19)10-18-13(20)6-9-21-12-5-3-4-11(16)14(12)17/h3-5,19H,6-10H2,1-2H3,(H,18,20). The van der Waals surface area contributed by atoms with Crippen LogP contribution in [0.5, 0.6) is 5.75 Å². The van der Waals surface area contributed by atoms with Crippen LogP contribution in [0.1, 0.15) is 26.7 Å². The van der Waals surface area contributed by atoms with Gasteiger partial charge in [-0.2, -0.15) is 0 Å². The molecule has 0 unspecified atom stereocenters. The summed E-state index contributed by atoms with van der Waals surface area (Å²) in [6.45, 7) is 4.84. The van der Waals surface area contributed by atoms with Crippen LogP contribution in [0, 0.1) is 5.41 Å². The second kappa shape index (κ2) is 8.47. The van der Waals surface area contributed by atoms with Crippen molar-refractivity contribution in [2.75, 3.05) is 19.8 Å². The Morgan fingerprint density at radius 2 is 2.10 bits per heavy atom. The van der Waals surface area contributed by atoms with E-state index in [1.165, 1.54) is 0 Å². The zero-order valence-electron chi connectivity index (χ0n) is 12.3. The Morgan fingerprint density at radius 3 is 2.76 bits per heavy atom. The number of aliphatic hydroxyl groups excluding tert-OH is 1. The van der Waals surface area contributed by atoms with Crippen molar-refractivity contribution in [3.05, 3.63) is 28.2 Å². The van der Waals surface area contributed by atoms with Crippen LogP contribution in [-0.4, -0.2) is 30.8 Å². The highest BCUT2D eigenvalue weighted by atomic mass is 35.5. The van der Waals surface area contributed by atoms with E-state index in [2.05, 4.69) is 5.32 Å². The number of benzene rings is 1. The Bertz CT molecular complexity index is 478. The molecule has 0 saturated carbocycles. The highest BCUT2D eigenvalue weighted by Gasteiger charge is 2.18. The SMILES string of the molecule is CC(C)(CCO)CNC(=O)CCOc1cccc(Cl)c1Cl. The van der Waals surface area contributed by atoms with Crippen molar-refractivity contribution in [3.63, 3.8) is 0 Å². The van der Waals surface area contributed by atoms with Gasteiger partial charge in [0.05, 0.1) is 18.1 Å². The van der Waals surface area contributed by atoms with Gasteiger partial charge in [0.25, 0.3) is 0 Å². The molecule has 0 aromatic heterocycles. The van der Waals surface area contributed by atoms with Crippen molar-refractivity contribution in [2.24, 2.45) is 5.41 Å². The number of aliphatic hydroxyl groups is 1. The first-order valence-corrected chi connectivity index (χ1v) is 7.56. The van der Waals surface area contributed by atoms with Gasteiger partial charge in [-0.1, -0.05) is 43.1 Å². The number of carbonyl (C=O) groups is 1. The molecular formula is C15H21Cl2NO3. The van der Waals surface area contributed by atoms with E-state index in [0.29, 0.717) is 28.8 Å². The maximum Gasteiger partial charge on any atom is 0.223 e. The van der Waals surface area contributed by atoms with E-state index in [1.54, 1.807) is 18.2 Å². The molecule has 0 bridgehead atoms. The number of rotatable bonds is 8. The molecule has 2 N–H and O–H groups in total. The van der Waals surface area contributed by atoms with Gasteiger partial charge < -0.3 is 15.2 Å². The summed E-state index contributed by atoms with van der Waals surface area (Å²) < 4.78 is 5.45. The van der Waals surface area contributed by atoms with Gasteiger partial charge in [0, 0.05) is 13.2 Å². The molecule has 0 heterocycles. The zero-order valence-corrected chi connectivity index (χ0v) is 13.8. The molecular weight excluding hydrogens is 313 g/mol. The lowest BCUT2D eigenvalue weighted by Crippen LogP contribution is -2.35. The Hall–Kier alpha value is -0.970. The molecule has 0 atom stereocenters. The molecule has 0 aliphatic rings. The monoisotopic (exact) mass is 333 g/mol. The summed E-state index contributed by atoms with van der Waals surface area (Å²) in [6, 6.07) is 5.12. The highest BCUT2D eigenvalue weighted by Crippen LogP contribution is 2.31. The van der Waals surface area contributed by atoms with Gasteiger partial charge in [-0.05, 0) is 24.0 Å². The molecule has 118 valence electrons. The van der Waals surface area contributed by atoms with E-state index in [0.717, 1.165) is 0 Å². The third-order valence-corrected chi connectivity index (χ3v) is 3.86. The van der Waals surface area contributed by atoms with E-state index in [-0.39, 0.29) is 31.0 Å². The topological polar surface area (TPSA) is 58.6 Å². The fourth-order valence-electron chi connectivity index (χ4n) is 1.67. The second-order valence-electron chi connectivity index (χ2n) is 5.56. The van der Waals surface area contributed by atoms with Crippen LogP contribution in [0.15, 0.2) is 18.2 Å². The van der Waals surface area contributed by atoms with Crippen LogP contribution >= 0.6 is 23.2 Å². The lowest BCUT2D eigenvalue weighted by Gasteiger charge is -2.23. The van der Waals surface area contributed by atoms with Crippen LogP contribution in [-0.2, 0) is 4.79 Å². The minimum absolute atomic E-state index is 0.0980. The minimum Gasteiger partial charge on any atom is -0.491 e. The van der Waals surface area contributed by atoms with Gasteiger partial charge in [-0.3, -0.25) is 4.79 Å². The summed E-state index contributed by atoms with van der Waals surface area (Å²) in [6.07, 6.45) is 0.875. The van der Waals surface area contributed by atoms with E-state index >= 15 is 0 Å². The van der Waals surface area contributed by atoms with Gasteiger partial charge in [0.2, 0.25) is 5.91 Å². The van der Waals surface area contributed by atoms with Crippen LogP contribution in [0.2, 0.25) is 10.0 Å². The maximum absolute atomic E-state index is 11.7. The average Bonchev–Trinajstić information content (AvgIpc) is 2.41.